The molecular formula is C11H14INO3. The Kier molecular flexibility index (Phi) is 6.17. The van der Waals surface area contributed by atoms with Crippen LogP contribution in [0.5, 0.6) is 0 Å². The third kappa shape index (κ3) is 5.92. The summed E-state index contributed by atoms with van der Waals surface area (Å²) in [6.07, 6.45) is -0.996. The van der Waals surface area contributed by atoms with Gasteiger partial charge in [0, 0.05) is 6.54 Å². The second-order valence-electron chi connectivity index (χ2n) is 3.28. The molecule has 0 aliphatic carbocycles. The predicted octanol–water partition coefficient (Wildman–Crippen LogP) is 2.27. The van der Waals surface area contributed by atoms with Gasteiger partial charge in [0.25, 0.3) is 0 Å². The Morgan fingerprint density at radius 2 is 2.12 bits per heavy atom. The molecule has 0 fully saturated rings. The van der Waals surface area contributed by atoms with E-state index in [1.165, 1.54) is 0 Å². The molecule has 1 aromatic carbocycles. The molecule has 1 amide bonds. The minimum atomic E-state index is -0.996. The Balaban J connectivity index is 2.13. The minimum Gasteiger partial charge on any atom is -0.465 e. The summed E-state index contributed by atoms with van der Waals surface area (Å²) >= 11 is 2.17. The van der Waals surface area contributed by atoms with Crippen LogP contribution in [0.15, 0.2) is 30.3 Å². The zero-order valence-electron chi connectivity index (χ0n) is 8.73. The predicted molar refractivity (Wildman–Crippen MR) is 69.9 cm³/mol. The van der Waals surface area contributed by atoms with Crippen LogP contribution >= 0.6 is 22.6 Å². The van der Waals surface area contributed by atoms with E-state index in [9.17, 15) is 4.79 Å². The number of ether oxygens (including phenoxy) is 1. The molecule has 0 heterocycles. The number of carbonyl (C=O) groups is 1. The van der Waals surface area contributed by atoms with Crippen molar-refractivity contribution in [1.82, 2.24) is 5.32 Å². The number of halogens is 1. The summed E-state index contributed by atoms with van der Waals surface area (Å²) in [5.74, 6) is 0. The molecule has 0 aliphatic heterocycles. The van der Waals surface area contributed by atoms with Gasteiger partial charge in [0.1, 0.15) is 0 Å². The van der Waals surface area contributed by atoms with E-state index in [1.54, 1.807) is 0 Å². The van der Waals surface area contributed by atoms with Crippen LogP contribution in [-0.2, 0) is 11.3 Å². The van der Waals surface area contributed by atoms with Gasteiger partial charge in [0.2, 0.25) is 0 Å². The first-order valence-corrected chi connectivity index (χ1v) is 6.15. The maximum absolute atomic E-state index is 10.2. The topological polar surface area (TPSA) is 58.6 Å². The lowest BCUT2D eigenvalue weighted by Gasteiger charge is -2.10. The zero-order chi connectivity index (χ0) is 11.8. The molecule has 16 heavy (non-hydrogen) atoms. The summed E-state index contributed by atoms with van der Waals surface area (Å²) in [6, 6.07) is 9.88. The van der Waals surface area contributed by atoms with Crippen molar-refractivity contribution in [3.8, 4) is 0 Å². The van der Waals surface area contributed by atoms with Gasteiger partial charge < -0.3 is 15.2 Å². The Hall–Kier alpha value is -0.820. The Bertz CT molecular complexity index is 318. The van der Waals surface area contributed by atoms with Crippen LogP contribution in [0.2, 0.25) is 0 Å². The molecule has 0 aliphatic rings. The van der Waals surface area contributed by atoms with Crippen LogP contribution in [0.3, 0.4) is 0 Å². The minimum absolute atomic E-state index is 0.150. The molecule has 1 unspecified atom stereocenters. The van der Waals surface area contributed by atoms with Gasteiger partial charge in [-0.3, -0.25) is 0 Å². The first-order chi connectivity index (χ1) is 7.68. The summed E-state index contributed by atoms with van der Waals surface area (Å²) in [7, 11) is 0. The fourth-order valence-corrected chi connectivity index (χ4v) is 1.61. The zero-order valence-corrected chi connectivity index (χ0v) is 10.9. The molecule has 0 saturated carbocycles. The summed E-state index contributed by atoms with van der Waals surface area (Å²) in [5, 5.41) is 10.7. The fraction of sp³-hybridized carbons (Fsp3) is 0.364. The van der Waals surface area contributed by atoms with Crippen LogP contribution in [0, 0.1) is 0 Å². The van der Waals surface area contributed by atoms with E-state index in [2.05, 4.69) is 27.9 Å². The van der Waals surface area contributed by atoms with Crippen molar-refractivity contribution in [3.63, 3.8) is 0 Å². The molecule has 0 aromatic heterocycles. The van der Waals surface area contributed by atoms with Crippen LogP contribution < -0.4 is 5.32 Å². The van der Waals surface area contributed by atoms with E-state index in [-0.39, 0.29) is 3.92 Å². The average Bonchev–Trinajstić information content (AvgIpc) is 2.28. The van der Waals surface area contributed by atoms with Gasteiger partial charge in [-0.15, -0.1) is 0 Å². The van der Waals surface area contributed by atoms with E-state index in [0.717, 1.165) is 5.56 Å². The summed E-state index contributed by atoms with van der Waals surface area (Å²) < 4.78 is 5.62. The van der Waals surface area contributed by atoms with Crippen molar-refractivity contribution in [2.75, 3.05) is 13.2 Å². The lowest BCUT2D eigenvalue weighted by atomic mass is 10.2. The van der Waals surface area contributed by atoms with Gasteiger partial charge in [-0.2, -0.15) is 0 Å². The van der Waals surface area contributed by atoms with E-state index in [1.807, 2.05) is 30.3 Å². The molecule has 1 aromatic rings. The second kappa shape index (κ2) is 7.45. The van der Waals surface area contributed by atoms with Crippen molar-refractivity contribution in [1.29, 1.82) is 0 Å². The smallest absolute Gasteiger partial charge is 0.404 e. The molecule has 0 bridgehead atoms. The average molecular weight is 335 g/mol. The first-order valence-electron chi connectivity index (χ1n) is 4.91. The molecule has 5 heteroatoms. The van der Waals surface area contributed by atoms with Crippen LogP contribution in [0.1, 0.15) is 5.56 Å². The first kappa shape index (κ1) is 13.2. The Morgan fingerprint density at radius 1 is 1.44 bits per heavy atom. The molecule has 0 saturated heterocycles. The van der Waals surface area contributed by atoms with Crippen molar-refractivity contribution in [3.05, 3.63) is 35.9 Å². The van der Waals surface area contributed by atoms with Crippen LogP contribution in [0.25, 0.3) is 0 Å². The molecular weight excluding hydrogens is 321 g/mol. The number of rotatable bonds is 6. The second-order valence-corrected chi connectivity index (χ2v) is 5.05. The number of nitrogens with one attached hydrogen (secondary N) is 1. The number of amides is 1. The Morgan fingerprint density at radius 3 is 2.75 bits per heavy atom. The molecule has 4 nitrogen and oxygen atoms in total. The van der Waals surface area contributed by atoms with Crippen LogP contribution in [-0.4, -0.2) is 28.3 Å². The summed E-state index contributed by atoms with van der Waals surface area (Å²) in [6.45, 7) is 1.51. The van der Waals surface area contributed by atoms with Gasteiger partial charge >= 0.3 is 6.09 Å². The van der Waals surface area contributed by atoms with E-state index in [4.69, 9.17) is 9.84 Å². The molecule has 2 N–H and O–H groups in total. The van der Waals surface area contributed by atoms with Gasteiger partial charge in [-0.25, -0.2) is 4.79 Å². The standard InChI is InChI=1S/C11H14INO3/c12-10(6-13-11(14)15)8-16-7-9-4-2-1-3-5-9/h1-5,10,13H,6-8H2,(H,14,15). The normalized spacial score (nSPS) is 12.1. The lowest BCUT2D eigenvalue weighted by molar-refractivity contribution is 0.123. The van der Waals surface area contributed by atoms with Crippen molar-refractivity contribution in [2.45, 2.75) is 10.5 Å². The van der Waals surface area contributed by atoms with Gasteiger partial charge in [0.05, 0.1) is 17.1 Å². The summed E-state index contributed by atoms with van der Waals surface area (Å²) in [5.41, 5.74) is 1.12. The van der Waals surface area contributed by atoms with Crippen molar-refractivity contribution < 1.29 is 14.6 Å². The van der Waals surface area contributed by atoms with Gasteiger partial charge in [-0.1, -0.05) is 52.9 Å². The monoisotopic (exact) mass is 335 g/mol. The highest BCUT2D eigenvalue weighted by atomic mass is 127. The van der Waals surface area contributed by atoms with Crippen molar-refractivity contribution >= 4 is 28.7 Å². The van der Waals surface area contributed by atoms with Gasteiger partial charge in [-0.05, 0) is 5.56 Å². The molecule has 1 rings (SSSR count). The van der Waals surface area contributed by atoms with Crippen molar-refractivity contribution in [2.24, 2.45) is 0 Å². The van der Waals surface area contributed by atoms with Crippen LogP contribution in [0.4, 0.5) is 4.79 Å². The molecule has 0 spiro atoms. The maximum Gasteiger partial charge on any atom is 0.404 e. The third-order valence-electron chi connectivity index (χ3n) is 1.89. The highest BCUT2D eigenvalue weighted by Gasteiger charge is 2.05. The number of alkyl halides is 1. The largest absolute Gasteiger partial charge is 0.465 e. The fourth-order valence-electron chi connectivity index (χ4n) is 1.14. The van der Waals surface area contributed by atoms with E-state index in [0.29, 0.717) is 19.8 Å². The lowest BCUT2D eigenvalue weighted by Crippen LogP contribution is -2.30. The van der Waals surface area contributed by atoms with E-state index < -0.39 is 6.09 Å². The molecule has 88 valence electrons. The molecule has 0 radical (unpaired) electrons. The summed E-state index contributed by atoms with van der Waals surface area (Å²) in [4.78, 5) is 10.2. The SMILES string of the molecule is O=C(O)NCC(I)COCc1ccccc1. The van der Waals surface area contributed by atoms with Gasteiger partial charge in [0.15, 0.2) is 0 Å². The number of carboxylic acid groups (broad SMARTS) is 1. The maximum atomic E-state index is 10.2. The quantitative estimate of drug-likeness (QED) is 0.619. The highest BCUT2D eigenvalue weighted by molar-refractivity contribution is 14.1. The number of hydrogen-bond donors (Lipinski definition) is 2. The van der Waals surface area contributed by atoms with E-state index >= 15 is 0 Å². The third-order valence-corrected chi connectivity index (χ3v) is 2.69. The molecule has 1 atom stereocenters. The number of hydrogen-bond acceptors (Lipinski definition) is 2. The highest BCUT2D eigenvalue weighted by Crippen LogP contribution is 2.04. The number of benzene rings is 1. The Labute approximate surface area is 108 Å².